The first-order chi connectivity index (χ1) is 9.56. The van der Waals surface area contributed by atoms with E-state index in [0.29, 0.717) is 6.54 Å². The van der Waals surface area contributed by atoms with Crippen LogP contribution in [0.5, 0.6) is 0 Å². The van der Waals surface area contributed by atoms with Gasteiger partial charge in [0.25, 0.3) is 11.6 Å². The summed E-state index contributed by atoms with van der Waals surface area (Å²) >= 11 is 1.77. The molecule has 7 heteroatoms. The topological polar surface area (TPSA) is 72.2 Å². The third kappa shape index (κ3) is 5.16. The van der Waals surface area contributed by atoms with Gasteiger partial charge in [-0.05, 0) is 30.9 Å². The summed E-state index contributed by atoms with van der Waals surface area (Å²) in [4.78, 5) is 21.7. The van der Waals surface area contributed by atoms with E-state index in [-0.39, 0.29) is 11.3 Å². The summed E-state index contributed by atoms with van der Waals surface area (Å²) in [5.41, 5.74) is -0.583. The first-order valence-electron chi connectivity index (χ1n) is 6.27. The molecule has 1 aromatic carbocycles. The number of nitro groups is 1. The number of benzene rings is 1. The van der Waals surface area contributed by atoms with Crippen LogP contribution in [0, 0.1) is 15.9 Å². The lowest BCUT2D eigenvalue weighted by molar-refractivity contribution is -0.384. The molecule has 0 spiro atoms. The molecule has 0 radical (unpaired) electrons. The average Bonchev–Trinajstić information content (AvgIpc) is 2.42. The first-order valence-corrected chi connectivity index (χ1v) is 7.66. The van der Waals surface area contributed by atoms with Crippen LogP contribution in [0.15, 0.2) is 18.2 Å². The Labute approximate surface area is 121 Å². The van der Waals surface area contributed by atoms with Crippen molar-refractivity contribution in [2.45, 2.75) is 19.3 Å². The molecule has 0 saturated carbocycles. The van der Waals surface area contributed by atoms with Crippen LogP contribution < -0.4 is 5.32 Å². The SMILES string of the molecule is CSCCCCCNC(=O)c1cc([N+](=O)[O-])ccc1F. The predicted molar refractivity (Wildman–Crippen MR) is 77.6 cm³/mol. The highest BCUT2D eigenvalue weighted by molar-refractivity contribution is 7.98. The van der Waals surface area contributed by atoms with Gasteiger partial charge in [-0.2, -0.15) is 11.8 Å². The fraction of sp³-hybridized carbons (Fsp3) is 0.462. The van der Waals surface area contributed by atoms with Gasteiger partial charge in [0.1, 0.15) is 5.82 Å². The van der Waals surface area contributed by atoms with Crippen LogP contribution in [0.25, 0.3) is 0 Å². The normalized spacial score (nSPS) is 10.3. The van der Waals surface area contributed by atoms with Crippen LogP contribution in [0.4, 0.5) is 10.1 Å². The summed E-state index contributed by atoms with van der Waals surface area (Å²) in [6, 6.07) is 2.93. The van der Waals surface area contributed by atoms with Crippen LogP contribution >= 0.6 is 11.8 Å². The van der Waals surface area contributed by atoms with Crippen LogP contribution in [-0.2, 0) is 0 Å². The van der Waals surface area contributed by atoms with Gasteiger partial charge in [0.05, 0.1) is 10.5 Å². The highest BCUT2D eigenvalue weighted by atomic mass is 32.2. The summed E-state index contributed by atoms with van der Waals surface area (Å²) in [6.07, 6.45) is 4.90. The Kier molecular flexibility index (Phi) is 7.00. The van der Waals surface area contributed by atoms with E-state index in [9.17, 15) is 19.3 Å². The minimum atomic E-state index is -0.754. The number of nitrogens with zero attached hydrogens (tertiary/aromatic N) is 1. The Morgan fingerprint density at radius 1 is 1.40 bits per heavy atom. The number of unbranched alkanes of at least 4 members (excludes halogenated alkanes) is 2. The zero-order chi connectivity index (χ0) is 15.0. The van der Waals surface area contributed by atoms with Crippen molar-refractivity contribution in [1.29, 1.82) is 0 Å². The third-order valence-electron chi connectivity index (χ3n) is 2.72. The number of thioether (sulfide) groups is 1. The molecule has 1 aromatic rings. The van der Waals surface area contributed by atoms with E-state index in [1.807, 2.05) is 6.26 Å². The van der Waals surface area contributed by atoms with Gasteiger partial charge in [-0.3, -0.25) is 14.9 Å². The molecule has 0 aromatic heterocycles. The standard InChI is InChI=1S/C13H17FN2O3S/c1-20-8-4-2-3-7-15-13(17)11-9-10(16(18)19)5-6-12(11)14/h5-6,9H,2-4,7-8H2,1H3,(H,15,17). The molecule has 0 aliphatic carbocycles. The largest absolute Gasteiger partial charge is 0.352 e. The van der Waals surface area contributed by atoms with Gasteiger partial charge in [-0.1, -0.05) is 6.42 Å². The van der Waals surface area contributed by atoms with Crippen LogP contribution in [-0.4, -0.2) is 29.4 Å². The molecule has 1 rings (SSSR count). The maximum absolute atomic E-state index is 13.5. The van der Waals surface area contributed by atoms with Crippen molar-refractivity contribution in [3.8, 4) is 0 Å². The lowest BCUT2D eigenvalue weighted by atomic mass is 10.1. The van der Waals surface area contributed by atoms with Gasteiger partial charge in [0, 0.05) is 18.7 Å². The van der Waals surface area contributed by atoms with E-state index < -0.39 is 16.6 Å². The molecule has 0 bridgehead atoms. The number of halogens is 1. The summed E-state index contributed by atoms with van der Waals surface area (Å²) in [5.74, 6) is -0.292. The monoisotopic (exact) mass is 300 g/mol. The highest BCUT2D eigenvalue weighted by Gasteiger charge is 2.16. The Morgan fingerprint density at radius 2 is 2.15 bits per heavy atom. The van der Waals surface area contributed by atoms with Crippen molar-refractivity contribution in [3.63, 3.8) is 0 Å². The number of non-ortho nitro benzene ring substituents is 1. The molecule has 0 heterocycles. The smallest absolute Gasteiger partial charge is 0.270 e. The van der Waals surface area contributed by atoms with Crippen molar-refractivity contribution in [2.24, 2.45) is 0 Å². The molecule has 20 heavy (non-hydrogen) atoms. The van der Waals surface area contributed by atoms with E-state index in [2.05, 4.69) is 5.32 Å². The molecule has 0 aliphatic rings. The summed E-state index contributed by atoms with van der Waals surface area (Å²) in [7, 11) is 0. The van der Waals surface area contributed by atoms with Gasteiger partial charge < -0.3 is 5.32 Å². The molecule has 110 valence electrons. The zero-order valence-electron chi connectivity index (χ0n) is 11.2. The van der Waals surface area contributed by atoms with E-state index in [1.165, 1.54) is 0 Å². The van der Waals surface area contributed by atoms with Gasteiger partial charge >= 0.3 is 0 Å². The van der Waals surface area contributed by atoms with Crippen molar-refractivity contribution < 1.29 is 14.1 Å². The zero-order valence-corrected chi connectivity index (χ0v) is 12.0. The molecule has 1 amide bonds. The molecule has 0 unspecified atom stereocenters. The van der Waals surface area contributed by atoms with Crippen molar-refractivity contribution >= 4 is 23.4 Å². The van der Waals surface area contributed by atoms with Gasteiger partial charge in [0.2, 0.25) is 0 Å². The molecule has 0 atom stereocenters. The van der Waals surface area contributed by atoms with Crippen molar-refractivity contribution in [3.05, 3.63) is 39.7 Å². The second-order valence-electron chi connectivity index (χ2n) is 4.23. The summed E-state index contributed by atoms with van der Waals surface area (Å²) in [6.45, 7) is 0.440. The lowest BCUT2D eigenvalue weighted by Gasteiger charge is -2.06. The molecule has 0 saturated heterocycles. The fourth-order valence-electron chi connectivity index (χ4n) is 1.65. The number of nitro benzene ring substituents is 1. The Morgan fingerprint density at radius 3 is 2.80 bits per heavy atom. The van der Waals surface area contributed by atoms with Gasteiger partial charge in [-0.25, -0.2) is 4.39 Å². The molecular formula is C13H17FN2O3S. The van der Waals surface area contributed by atoms with Crippen molar-refractivity contribution in [2.75, 3.05) is 18.6 Å². The molecular weight excluding hydrogens is 283 g/mol. The van der Waals surface area contributed by atoms with E-state index in [0.717, 1.165) is 43.2 Å². The van der Waals surface area contributed by atoms with E-state index >= 15 is 0 Å². The quantitative estimate of drug-likeness (QED) is 0.455. The molecule has 0 fully saturated rings. The Bertz CT molecular complexity index is 483. The Hall–Kier alpha value is -1.63. The number of hydrogen-bond donors (Lipinski definition) is 1. The number of hydrogen-bond acceptors (Lipinski definition) is 4. The first kappa shape index (κ1) is 16.4. The summed E-state index contributed by atoms with van der Waals surface area (Å²) in [5, 5.41) is 13.2. The number of carbonyl (C=O) groups is 1. The number of carbonyl (C=O) groups excluding carboxylic acids is 1. The van der Waals surface area contributed by atoms with Crippen LogP contribution in [0.2, 0.25) is 0 Å². The molecule has 1 N–H and O–H groups in total. The fourth-order valence-corrected chi connectivity index (χ4v) is 2.14. The summed E-state index contributed by atoms with van der Waals surface area (Å²) < 4.78 is 13.5. The predicted octanol–water partition coefficient (Wildman–Crippen LogP) is 3.00. The molecule has 5 nitrogen and oxygen atoms in total. The van der Waals surface area contributed by atoms with Crippen LogP contribution in [0.3, 0.4) is 0 Å². The van der Waals surface area contributed by atoms with E-state index in [1.54, 1.807) is 11.8 Å². The van der Waals surface area contributed by atoms with Gasteiger partial charge in [0.15, 0.2) is 0 Å². The minimum absolute atomic E-state index is 0.289. The highest BCUT2D eigenvalue weighted by Crippen LogP contribution is 2.16. The minimum Gasteiger partial charge on any atom is -0.352 e. The Balaban J connectivity index is 2.50. The van der Waals surface area contributed by atoms with Crippen molar-refractivity contribution in [1.82, 2.24) is 5.32 Å². The second kappa shape index (κ2) is 8.52. The third-order valence-corrected chi connectivity index (χ3v) is 3.41. The number of nitrogens with one attached hydrogen (secondary N) is 1. The number of rotatable bonds is 8. The average molecular weight is 300 g/mol. The maximum Gasteiger partial charge on any atom is 0.270 e. The molecule has 0 aliphatic heterocycles. The second-order valence-corrected chi connectivity index (χ2v) is 5.22. The van der Waals surface area contributed by atoms with E-state index in [4.69, 9.17) is 0 Å². The number of amides is 1. The lowest BCUT2D eigenvalue weighted by Crippen LogP contribution is -2.25. The van der Waals surface area contributed by atoms with Gasteiger partial charge in [-0.15, -0.1) is 0 Å². The van der Waals surface area contributed by atoms with Crippen LogP contribution in [0.1, 0.15) is 29.6 Å². The maximum atomic E-state index is 13.5.